The summed E-state index contributed by atoms with van der Waals surface area (Å²) in [5.41, 5.74) is 4.66. The molecule has 3 aromatic rings. The highest BCUT2D eigenvalue weighted by atomic mass is 35.5. The molecule has 146 valence electrons. The van der Waals surface area contributed by atoms with Gasteiger partial charge in [-0.15, -0.1) is 0 Å². The lowest BCUT2D eigenvalue weighted by atomic mass is 9.97. The van der Waals surface area contributed by atoms with Crippen LogP contribution in [0.25, 0.3) is 5.69 Å². The number of carbonyl (C=O) groups excluding carboxylic acids is 1. The first-order chi connectivity index (χ1) is 13.3. The first kappa shape index (κ1) is 20.7. The van der Waals surface area contributed by atoms with Crippen LogP contribution in [-0.4, -0.2) is 35.4 Å². The number of hydrogen-bond donors (Lipinski definition) is 0. The molecule has 3 nitrogen and oxygen atoms in total. The molecule has 0 N–H and O–H groups in total. The van der Waals surface area contributed by atoms with Crippen LogP contribution in [0.1, 0.15) is 27.3 Å². The highest BCUT2D eigenvalue weighted by Gasteiger charge is 2.26. The van der Waals surface area contributed by atoms with Gasteiger partial charge in [0, 0.05) is 22.6 Å². The number of nitrogens with zero attached hydrogens (tertiary/aromatic N) is 2. The van der Waals surface area contributed by atoms with Crippen LogP contribution in [0, 0.1) is 13.8 Å². The van der Waals surface area contributed by atoms with Gasteiger partial charge in [0.2, 0.25) is 0 Å². The number of hydrogen-bond acceptors (Lipinski definition) is 2. The van der Waals surface area contributed by atoms with Gasteiger partial charge in [0.15, 0.2) is 5.78 Å². The Bertz CT molecular complexity index is 993. The maximum atomic E-state index is 13.4. The van der Waals surface area contributed by atoms with Gasteiger partial charge in [0.05, 0.1) is 16.1 Å². The van der Waals surface area contributed by atoms with Gasteiger partial charge in [-0.3, -0.25) is 9.69 Å². The summed E-state index contributed by atoms with van der Waals surface area (Å²) < 4.78 is 2.05. The lowest BCUT2D eigenvalue weighted by molar-refractivity contribution is 0.0874. The molecule has 0 unspecified atom stereocenters. The third-order valence-corrected chi connectivity index (χ3v) is 5.79. The molecule has 0 amide bonds. The second-order valence-corrected chi connectivity index (χ2v) is 8.07. The number of benzene rings is 2. The fraction of sp³-hybridized carbons (Fsp3) is 0.261. The number of aromatic nitrogens is 1. The maximum Gasteiger partial charge on any atom is 0.182 e. The van der Waals surface area contributed by atoms with Crippen molar-refractivity contribution in [1.29, 1.82) is 0 Å². The van der Waals surface area contributed by atoms with Crippen LogP contribution in [0.3, 0.4) is 0 Å². The topological polar surface area (TPSA) is 25.2 Å². The summed E-state index contributed by atoms with van der Waals surface area (Å²) in [6, 6.07) is 17.4. The Morgan fingerprint density at radius 1 is 1.00 bits per heavy atom. The lowest BCUT2D eigenvalue weighted by Gasteiger charge is -2.23. The Balaban J connectivity index is 1.98. The second-order valence-electron chi connectivity index (χ2n) is 7.25. The Hall–Kier alpha value is -2.07. The molecule has 2 aromatic carbocycles. The van der Waals surface area contributed by atoms with Gasteiger partial charge in [-0.25, -0.2) is 0 Å². The van der Waals surface area contributed by atoms with E-state index in [2.05, 4.69) is 12.1 Å². The molecule has 0 spiro atoms. The van der Waals surface area contributed by atoms with E-state index < -0.39 is 0 Å². The van der Waals surface area contributed by atoms with Gasteiger partial charge >= 0.3 is 0 Å². The highest BCUT2D eigenvalue weighted by Crippen LogP contribution is 2.28. The van der Waals surface area contributed by atoms with Crippen LogP contribution in [0.2, 0.25) is 10.0 Å². The molecule has 5 heteroatoms. The minimum atomic E-state index is -0.231. The normalized spacial score (nSPS) is 12.4. The van der Waals surface area contributed by atoms with Crippen molar-refractivity contribution in [2.75, 3.05) is 14.1 Å². The van der Waals surface area contributed by atoms with Crippen molar-refractivity contribution < 1.29 is 4.79 Å². The number of rotatable bonds is 6. The standard InChI is InChI=1S/C23H24Cl2N2O/c1-15-12-19(16(2)27(15)18-10-11-20(24)21(25)14-18)23(28)22(26(3)4)13-17-8-6-5-7-9-17/h5-12,14,22H,13H2,1-4H3/t22-/m1/s1. The maximum absolute atomic E-state index is 13.4. The summed E-state index contributed by atoms with van der Waals surface area (Å²) in [5, 5.41) is 1.01. The smallest absolute Gasteiger partial charge is 0.182 e. The molecule has 0 saturated carbocycles. The molecule has 0 aliphatic rings. The lowest BCUT2D eigenvalue weighted by Crippen LogP contribution is -2.38. The van der Waals surface area contributed by atoms with Crippen molar-refractivity contribution in [2.45, 2.75) is 26.3 Å². The second kappa shape index (κ2) is 8.52. The number of likely N-dealkylation sites (N-methyl/N-ethyl adjacent to an activating group) is 1. The van der Waals surface area contributed by atoms with Crippen LogP contribution < -0.4 is 0 Å². The van der Waals surface area contributed by atoms with Crippen molar-refractivity contribution in [1.82, 2.24) is 9.47 Å². The minimum Gasteiger partial charge on any atom is -0.318 e. The van der Waals surface area contributed by atoms with E-state index >= 15 is 0 Å². The first-order valence-corrected chi connectivity index (χ1v) is 9.94. The summed E-state index contributed by atoms with van der Waals surface area (Å²) in [5.74, 6) is 0.119. The number of Topliss-reactive ketones (excluding diaryl/α,β-unsaturated/α-hetero) is 1. The minimum absolute atomic E-state index is 0.119. The predicted molar refractivity (Wildman–Crippen MR) is 117 cm³/mol. The van der Waals surface area contributed by atoms with Crippen LogP contribution >= 0.6 is 23.2 Å². The zero-order valence-electron chi connectivity index (χ0n) is 16.5. The third-order valence-electron chi connectivity index (χ3n) is 5.06. The van der Waals surface area contributed by atoms with E-state index in [0.29, 0.717) is 16.5 Å². The molecule has 0 radical (unpaired) electrons. The predicted octanol–water partition coefficient (Wildman–Crippen LogP) is 5.76. The average Bonchev–Trinajstić information content (AvgIpc) is 2.96. The number of aryl methyl sites for hydroxylation is 1. The van der Waals surface area contributed by atoms with Gasteiger partial charge in [-0.2, -0.15) is 0 Å². The molecule has 0 saturated heterocycles. The fourth-order valence-electron chi connectivity index (χ4n) is 3.56. The van der Waals surface area contributed by atoms with E-state index in [1.807, 2.05) is 73.8 Å². The largest absolute Gasteiger partial charge is 0.318 e. The summed E-state index contributed by atoms with van der Waals surface area (Å²) in [6.45, 7) is 3.96. The molecule has 0 aliphatic heterocycles. The number of ketones is 1. The average molecular weight is 415 g/mol. The van der Waals surface area contributed by atoms with Crippen molar-refractivity contribution in [3.8, 4) is 5.69 Å². The molecule has 28 heavy (non-hydrogen) atoms. The molecule has 3 rings (SSSR count). The molecule has 0 bridgehead atoms. The van der Waals surface area contributed by atoms with Crippen LogP contribution in [-0.2, 0) is 6.42 Å². The highest BCUT2D eigenvalue weighted by molar-refractivity contribution is 6.42. The van der Waals surface area contributed by atoms with Crippen molar-refractivity contribution in [2.24, 2.45) is 0 Å². The van der Waals surface area contributed by atoms with E-state index in [-0.39, 0.29) is 11.8 Å². The monoisotopic (exact) mass is 414 g/mol. The zero-order chi connectivity index (χ0) is 20.4. The Morgan fingerprint density at radius 2 is 1.68 bits per heavy atom. The van der Waals surface area contributed by atoms with Crippen molar-refractivity contribution >= 4 is 29.0 Å². The van der Waals surface area contributed by atoms with Crippen LogP contribution in [0.4, 0.5) is 0 Å². The van der Waals surface area contributed by atoms with Crippen molar-refractivity contribution in [3.63, 3.8) is 0 Å². The number of carbonyl (C=O) groups is 1. The quantitative estimate of drug-likeness (QED) is 0.479. The first-order valence-electron chi connectivity index (χ1n) is 9.18. The van der Waals surface area contributed by atoms with Gasteiger partial charge in [0.1, 0.15) is 0 Å². The van der Waals surface area contributed by atoms with Gasteiger partial charge in [0.25, 0.3) is 0 Å². The van der Waals surface area contributed by atoms with Crippen LogP contribution in [0.15, 0.2) is 54.6 Å². The third kappa shape index (κ3) is 4.17. The molecule has 1 heterocycles. The SMILES string of the molecule is Cc1cc(C(=O)[C@@H](Cc2ccccc2)N(C)C)c(C)n1-c1ccc(Cl)c(Cl)c1. The molecule has 1 atom stereocenters. The fourth-order valence-corrected chi connectivity index (χ4v) is 3.85. The summed E-state index contributed by atoms with van der Waals surface area (Å²) in [6.07, 6.45) is 0.670. The van der Waals surface area contributed by atoms with E-state index in [0.717, 1.165) is 28.2 Å². The number of halogens is 2. The Labute approximate surface area is 176 Å². The van der Waals surface area contributed by atoms with E-state index in [9.17, 15) is 4.79 Å². The van der Waals surface area contributed by atoms with E-state index in [4.69, 9.17) is 23.2 Å². The summed E-state index contributed by atoms with van der Waals surface area (Å²) >= 11 is 12.3. The van der Waals surface area contributed by atoms with E-state index in [1.165, 1.54) is 0 Å². The van der Waals surface area contributed by atoms with Gasteiger partial charge < -0.3 is 4.57 Å². The molecule has 1 aromatic heterocycles. The summed E-state index contributed by atoms with van der Waals surface area (Å²) in [7, 11) is 3.90. The zero-order valence-corrected chi connectivity index (χ0v) is 18.1. The summed E-state index contributed by atoms with van der Waals surface area (Å²) in [4.78, 5) is 15.4. The molecular weight excluding hydrogens is 391 g/mol. The molecule has 0 fully saturated rings. The van der Waals surface area contributed by atoms with Crippen LogP contribution in [0.5, 0.6) is 0 Å². The Morgan fingerprint density at radius 3 is 2.29 bits per heavy atom. The molecule has 0 aliphatic carbocycles. The van der Waals surface area contributed by atoms with Gasteiger partial charge in [-0.05, 0) is 64.2 Å². The van der Waals surface area contributed by atoms with E-state index in [1.54, 1.807) is 6.07 Å². The van der Waals surface area contributed by atoms with Gasteiger partial charge in [-0.1, -0.05) is 53.5 Å². The Kier molecular flexibility index (Phi) is 6.29. The molecular formula is C23H24Cl2N2O. The van der Waals surface area contributed by atoms with Crippen molar-refractivity contribution in [3.05, 3.63) is 87.2 Å².